The van der Waals surface area contributed by atoms with Crippen LogP contribution < -0.4 is 16.4 Å². The first-order valence-corrected chi connectivity index (χ1v) is 12.9. The molecule has 3 aliphatic heterocycles. The van der Waals surface area contributed by atoms with Crippen molar-refractivity contribution in [2.75, 3.05) is 51.6 Å². The minimum Gasteiger partial charge on any atom is -0.477 e. The van der Waals surface area contributed by atoms with Crippen molar-refractivity contribution in [3.63, 3.8) is 0 Å². The van der Waals surface area contributed by atoms with E-state index in [1.807, 2.05) is 4.90 Å². The molecule has 0 spiro atoms. The van der Waals surface area contributed by atoms with Gasteiger partial charge in [0.1, 0.15) is 17.1 Å². The largest absolute Gasteiger partial charge is 0.477 e. The standard InChI is InChI=1S/C19H24FN11O5S2/c1-29(19(22)30-4-2-23-3-5-30)24-6-9-7-37-16-11(15(33)31(16)12(9)17(34)35)25-14(32)10(27-36-8-20)13-26-18(21)38-28-13/h6,11,16,22-23H,2-5,7-8H2,1H3,(H,25,32)(H,34,35)(H2,21,26,28)/b22-19?,24-6+,27-10-. The summed E-state index contributed by atoms with van der Waals surface area (Å²) in [7, 11) is 1.58. The summed E-state index contributed by atoms with van der Waals surface area (Å²) in [5.74, 6) is -2.80. The quantitative estimate of drug-likeness (QED) is 0.102. The van der Waals surface area contributed by atoms with Crippen LogP contribution in [-0.2, 0) is 19.2 Å². The number of nitrogen functional groups attached to an aromatic ring is 1. The lowest BCUT2D eigenvalue weighted by atomic mass is 10.0. The van der Waals surface area contributed by atoms with Crippen LogP contribution in [0.3, 0.4) is 0 Å². The number of nitrogens with one attached hydrogen (secondary N) is 3. The Kier molecular flexibility index (Phi) is 8.37. The van der Waals surface area contributed by atoms with E-state index in [1.165, 1.54) is 23.0 Å². The third kappa shape index (κ3) is 5.53. The molecule has 4 heterocycles. The van der Waals surface area contributed by atoms with Crippen LogP contribution in [0.5, 0.6) is 0 Å². The molecule has 6 N–H and O–H groups in total. The van der Waals surface area contributed by atoms with Crippen LogP contribution in [0.4, 0.5) is 9.52 Å². The van der Waals surface area contributed by atoms with Crippen molar-refractivity contribution in [1.82, 2.24) is 34.8 Å². The molecule has 0 aliphatic carbocycles. The fourth-order valence-electron chi connectivity index (χ4n) is 3.85. The second kappa shape index (κ2) is 11.7. The molecule has 2 amide bonds. The predicted molar refractivity (Wildman–Crippen MR) is 136 cm³/mol. The molecule has 3 aliphatic rings. The lowest BCUT2D eigenvalue weighted by molar-refractivity contribution is -0.150. The fraction of sp³-hybridized carbons (Fsp3) is 0.474. The molecule has 2 saturated heterocycles. The molecular formula is C19H24FN11O5S2. The zero-order chi connectivity index (χ0) is 27.4. The average molecular weight is 570 g/mol. The van der Waals surface area contributed by atoms with Gasteiger partial charge in [-0.05, 0) is 0 Å². The molecular weight excluding hydrogens is 545 g/mol. The Morgan fingerprint density at radius 3 is 2.82 bits per heavy atom. The van der Waals surface area contributed by atoms with Crippen molar-refractivity contribution < 1.29 is 28.7 Å². The number of hydrazone groups is 1. The SMILES string of the molecule is CN(/N=C/C1=C(C(=O)O)N2C(=O)C(NC(=O)/C(=N\OCF)c3nsc(N)n3)C2SC1)C(=N)N1CCNCC1. The maximum atomic E-state index is 12.9. The van der Waals surface area contributed by atoms with Crippen LogP contribution in [0.1, 0.15) is 5.82 Å². The van der Waals surface area contributed by atoms with Gasteiger partial charge in [-0.15, -0.1) is 11.8 Å². The minimum atomic E-state index is -1.34. The van der Waals surface area contributed by atoms with Gasteiger partial charge in [-0.1, -0.05) is 5.16 Å². The number of anilines is 1. The molecule has 1 aromatic rings. The number of carboxylic acids is 1. The lowest BCUT2D eigenvalue weighted by Crippen LogP contribution is -2.71. The van der Waals surface area contributed by atoms with Crippen molar-refractivity contribution in [1.29, 1.82) is 5.41 Å². The van der Waals surface area contributed by atoms with E-state index in [2.05, 4.69) is 35.1 Å². The maximum Gasteiger partial charge on any atom is 0.353 e. The molecule has 0 aromatic carbocycles. The van der Waals surface area contributed by atoms with Crippen LogP contribution in [0.25, 0.3) is 0 Å². The molecule has 0 radical (unpaired) electrons. The molecule has 0 saturated carbocycles. The van der Waals surface area contributed by atoms with Gasteiger partial charge in [0.25, 0.3) is 18.7 Å². The number of nitrogens with two attached hydrogens (primary N) is 1. The number of aliphatic carboxylic acids is 1. The van der Waals surface area contributed by atoms with E-state index in [0.29, 0.717) is 13.1 Å². The van der Waals surface area contributed by atoms with Gasteiger partial charge in [0, 0.05) is 56.1 Å². The summed E-state index contributed by atoms with van der Waals surface area (Å²) in [6.07, 6.45) is 1.32. The summed E-state index contributed by atoms with van der Waals surface area (Å²) in [5, 5.41) is 32.1. The number of fused-ring (bicyclic) bond motifs is 1. The topological polar surface area (TPSA) is 215 Å². The lowest BCUT2D eigenvalue weighted by Gasteiger charge is -2.49. The first-order chi connectivity index (χ1) is 18.2. The summed E-state index contributed by atoms with van der Waals surface area (Å²) < 4.78 is 16.3. The monoisotopic (exact) mass is 569 g/mol. The maximum absolute atomic E-state index is 12.9. The molecule has 16 nitrogen and oxygen atoms in total. The number of carboxylic acid groups (broad SMARTS) is 1. The van der Waals surface area contributed by atoms with Gasteiger partial charge in [0.2, 0.25) is 17.5 Å². The molecule has 19 heteroatoms. The number of oxime groups is 1. The van der Waals surface area contributed by atoms with Gasteiger partial charge in [-0.25, -0.2) is 14.2 Å². The normalized spacial score (nSPS) is 21.7. The first kappa shape index (κ1) is 27.2. The highest BCUT2D eigenvalue weighted by atomic mass is 32.2. The van der Waals surface area contributed by atoms with Gasteiger partial charge >= 0.3 is 5.97 Å². The number of carbonyl (C=O) groups excluding carboxylic acids is 2. The Morgan fingerprint density at radius 1 is 1.45 bits per heavy atom. The fourth-order valence-corrected chi connectivity index (χ4v) is 5.58. The average Bonchev–Trinajstić information content (AvgIpc) is 3.35. The van der Waals surface area contributed by atoms with E-state index in [0.717, 1.165) is 29.5 Å². The highest BCUT2D eigenvalue weighted by Crippen LogP contribution is 2.40. The van der Waals surface area contributed by atoms with Crippen LogP contribution >= 0.6 is 23.3 Å². The van der Waals surface area contributed by atoms with Gasteiger partial charge in [0.05, 0.1) is 6.21 Å². The number of hydrogen-bond donors (Lipinski definition) is 5. The van der Waals surface area contributed by atoms with Crippen molar-refractivity contribution in [2.45, 2.75) is 11.4 Å². The summed E-state index contributed by atoms with van der Waals surface area (Å²) >= 11 is 2.00. The number of rotatable bonds is 8. The van der Waals surface area contributed by atoms with Gasteiger partial charge in [-0.2, -0.15) is 14.5 Å². The zero-order valence-corrected chi connectivity index (χ0v) is 21.6. The number of thioether (sulfide) groups is 1. The highest BCUT2D eigenvalue weighted by molar-refractivity contribution is 8.00. The van der Waals surface area contributed by atoms with E-state index in [4.69, 9.17) is 11.1 Å². The number of alkyl halides is 1. The third-order valence-electron chi connectivity index (χ3n) is 5.67. The van der Waals surface area contributed by atoms with E-state index in [1.54, 1.807) is 7.05 Å². The summed E-state index contributed by atoms with van der Waals surface area (Å²) in [6, 6.07) is -1.09. The number of amides is 2. The molecule has 204 valence electrons. The Morgan fingerprint density at radius 2 is 2.18 bits per heavy atom. The van der Waals surface area contributed by atoms with Crippen LogP contribution in [0, 0.1) is 5.41 Å². The van der Waals surface area contributed by atoms with E-state index >= 15 is 0 Å². The number of aromatic nitrogens is 2. The zero-order valence-electron chi connectivity index (χ0n) is 20.0. The second-order valence-electron chi connectivity index (χ2n) is 8.00. The van der Waals surface area contributed by atoms with Crippen LogP contribution in [0.2, 0.25) is 0 Å². The highest BCUT2D eigenvalue weighted by Gasteiger charge is 2.54. The Balaban J connectivity index is 1.47. The number of halogens is 1. The van der Waals surface area contributed by atoms with E-state index in [9.17, 15) is 23.9 Å². The number of nitrogens with zero attached hydrogens (tertiary/aromatic N) is 7. The minimum absolute atomic E-state index is 0.0358. The summed E-state index contributed by atoms with van der Waals surface area (Å²) in [6.45, 7) is 1.46. The smallest absolute Gasteiger partial charge is 0.353 e. The van der Waals surface area contributed by atoms with Crippen molar-refractivity contribution >= 4 is 64.1 Å². The van der Waals surface area contributed by atoms with Crippen molar-refractivity contribution in [2.24, 2.45) is 10.3 Å². The van der Waals surface area contributed by atoms with Crippen LogP contribution in [-0.4, -0.2) is 122 Å². The summed E-state index contributed by atoms with van der Waals surface area (Å²) in [5.41, 5.74) is 5.06. The molecule has 2 fully saturated rings. The number of guanidine groups is 1. The number of β-lactam (4-membered cyclic amide) rings is 1. The Labute approximate surface area is 223 Å². The molecule has 38 heavy (non-hydrogen) atoms. The van der Waals surface area contributed by atoms with E-state index in [-0.39, 0.29) is 33.9 Å². The van der Waals surface area contributed by atoms with Gasteiger partial charge in [0.15, 0.2) is 5.13 Å². The first-order valence-electron chi connectivity index (χ1n) is 11.1. The molecule has 0 bridgehead atoms. The molecule has 4 rings (SSSR count). The van der Waals surface area contributed by atoms with Crippen molar-refractivity contribution in [3.05, 3.63) is 17.1 Å². The third-order valence-corrected chi connectivity index (χ3v) is 7.51. The molecule has 2 atom stereocenters. The van der Waals surface area contributed by atoms with Gasteiger partial charge in [-0.3, -0.25) is 19.9 Å². The predicted octanol–water partition coefficient (Wildman–Crippen LogP) is -1.74. The Bertz CT molecular complexity index is 1220. The number of carbonyl (C=O) groups is 3. The number of piperazine rings is 1. The number of hydrogen-bond acceptors (Lipinski definition) is 13. The van der Waals surface area contributed by atoms with Crippen LogP contribution in [0.15, 0.2) is 21.5 Å². The molecule has 2 unspecified atom stereocenters. The van der Waals surface area contributed by atoms with Gasteiger partial charge < -0.3 is 31.2 Å². The Hall–Kier alpha value is -3.84. The second-order valence-corrected chi connectivity index (χ2v) is 9.89. The molecule has 1 aromatic heterocycles. The summed E-state index contributed by atoms with van der Waals surface area (Å²) in [4.78, 5) is 48.9. The van der Waals surface area contributed by atoms with E-state index < -0.39 is 41.8 Å². The van der Waals surface area contributed by atoms with Crippen molar-refractivity contribution in [3.8, 4) is 0 Å².